The Morgan fingerprint density at radius 1 is 1.43 bits per heavy atom. The molecule has 0 bridgehead atoms. The number of likely N-dealkylation sites (tertiary alicyclic amines) is 1. The van der Waals surface area contributed by atoms with E-state index in [0.29, 0.717) is 6.04 Å². The van der Waals surface area contributed by atoms with Gasteiger partial charge in [0.1, 0.15) is 0 Å². The minimum Gasteiger partial charge on any atom is -0.395 e. The minimum atomic E-state index is 0.264. The zero-order valence-electron chi connectivity index (χ0n) is 8.26. The van der Waals surface area contributed by atoms with Gasteiger partial charge in [0.25, 0.3) is 0 Å². The van der Waals surface area contributed by atoms with E-state index >= 15 is 0 Å². The fraction of sp³-hybridized carbons (Fsp3) is 0.700. The normalized spacial score (nSPS) is 20.1. The Labute approximate surface area is 84.1 Å². The second-order valence-electron chi connectivity index (χ2n) is 3.72. The average Bonchev–Trinajstić information content (AvgIpc) is 2.72. The van der Waals surface area contributed by atoms with Crippen molar-refractivity contribution in [2.45, 2.75) is 18.9 Å². The van der Waals surface area contributed by atoms with Gasteiger partial charge in [-0.15, -0.1) is 0 Å². The van der Waals surface area contributed by atoms with Crippen LogP contribution in [-0.4, -0.2) is 46.0 Å². The van der Waals surface area contributed by atoms with Gasteiger partial charge < -0.3 is 10.0 Å². The van der Waals surface area contributed by atoms with Crippen LogP contribution in [-0.2, 0) is 0 Å². The van der Waals surface area contributed by atoms with Gasteiger partial charge in [0, 0.05) is 31.9 Å². The van der Waals surface area contributed by atoms with Crippen LogP contribution in [0.1, 0.15) is 18.9 Å². The number of nitrogens with zero attached hydrogens (tertiary/aromatic N) is 3. The first kappa shape index (κ1) is 9.68. The number of β-amino-alcohol motifs (C(OH)–C–C–N with tert-alkyl or cyclic N) is 1. The van der Waals surface area contributed by atoms with Gasteiger partial charge in [0.15, 0.2) is 0 Å². The molecule has 77 valence electrons. The lowest BCUT2D eigenvalue weighted by Crippen LogP contribution is -2.36. The maximum atomic E-state index is 8.80. The number of piperidine rings is 1. The summed E-state index contributed by atoms with van der Waals surface area (Å²) in [5.74, 6) is 0. The summed E-state index contributed by atoms with van der Waals surface area (Å²) >= 11 is 0. The molecule has 0 aromatic carbocycles. The Hall–Kier alpha value is -0.870. The maximum Gasteiger partial charge on any atom is 0.0569 e. The molecule has 1 aromatic rings. The van der Waals surface area contributed by atoms with Crippen molar-refractivity contribution in [3.8, 4) is 0 Å². The number of rotatable bonds is 3. The number of hydrogen-bond acceptors (Lipinski definition) is 3. The van der Waals surface area contributed by atoms with Crippen molar-refractivity contribution < 1.29 is 5.11 Å². The molecule has 1 aliphatic heterocycles. The van der Waals surface area contributed by atoms with Crippen LogP contribution in [0.25, 0.3) is 0 Å². The van der Waals surface area contributed by atoms with Gasteiger partial charge in [-0.2, -0.15) is 5.10 Å². The largest absolute Gasteiger partial charge is 0.395 e. The third-order valence-electron chi connectivity index (χ3n) is 2.82. The minimum absolute atomic E-state index is 0.264. The van der Waals surface area contributed by atoms with Crippen molar-refractivity contribution in [1.29, 1.82) is 0 Å². The Morgan fingerprint density at radius 2 is 2.21 bits per heavy atom. The summed E-state index contributed by atoms with van der Waals surface area (Å²) in [7, 11) is 0. The fourth-order valence-electron chi connectivity index (χ4n) is 1.99. The summed E-state index contributed by atoms with van der Waals surface area (Å²) in [5, 5.41) is 13.0. The molecule has 0 amide bonds. The van der Waals surface area contributed by atoms with Crippen molar-refractivity contribution in [3.63, 3.8) is 0 Å². The first-order chi connectivity index (χ1) is 6.90. The van der Waals surface area contributed by atoms with Gasteiger partial charge >= 0.3 is 0 Å². The molecule has 2 heterocycles. The summed E-state index contributed by atoms with van der Waals surface area (Å²) < 4.78 is 2.00. The van der Waals surface area contributed by atoms with E-state index in [1.165, 1.54) is 0 Å². The highest BCUT2D eigenvalue weighted by Gasteiger charge is 2.19. The Bertz CT molecular complexity index is 252. The quantitative estimate of drug-likeness (QED) is 0.753. The smallest absolute Gasteiger partial charge is 0.0569 e. The highest BCUT2D eigenvalue weighted by Crippen LogP contribution is 2.20. The highest BCUT2D eigenvalue weighted by atomic mass is 16.3. The van der Waals surface area contributed by atoms with E-state index in [1.54, 1.807) is 6.20 Å². The standard InChI is InChI=1S/C10H16N3O/c14-9-8-12-6-2-10(3-7-12)13-5-1-4-11-13/h4-5,10,14H,2-3,6-9H2. The van der Waals surface area contributed by atoms with Crippen LogP contribution in [0.4, 0.5) is 0 Å². The molecule has 0 saturated carbocycles. The third kappa shape index (κ3) is 2.13. The second-order valence-corrected chi connectivity index (χ2v) is 3.72. The van der Waals surface area contributed by atoms with E-state index < -0.39 is 0 Å². The summed E-state index contributed by atoms with van der Waals surface area (Å²) in [6, 6.07) is 3.49. The van der Waals surface area contributed by atoms with Gasteiger partial charge in [-0.3, -0.25) is 4.68 Å². The molecule has 2 rings (SSSR count). The van der Waals surface area contributed by atoms with E-state index in [9.17, 15) is 0 Å². The number of aliphatic hydroxyl groups excluding tert-OH is 1. The zero-order valence-corrected chi connectivity index (χ0v) is 8.26. The summed E-state index contributed by atoms with van der Waals surface area (Å²) in [4.78, 5) is 2.30. The lowest BCUT2D eigenvalue weighted by atomic mass is 10.1. The number of aromatic nitrogens is 2. The summed E-state index contributed by atoms with van der Waals surface area (Å²) in [5.41, 5.74) is 0. The average molecular weight is 194 g/mol. The molecule has 4 heteroatoms. The molecule has 1 fully saturated rings. The molecular formula is C10H16N3O. The molecule has 1 N–H and O–H groups in total. The molecule has 1 aliphatic rings. The molecule has 0 spiro atoms. The first-order valence-corrected chi connectivity index (χ1v) is 5.13. The lowest BCUT2D eigenvalue weighted by Gasteiger charge is -2.31. The lowest BCUT2D eigenvalue weighted by molar-refractivity contribution is 0.145. The van der Waals surface area contributed by atoms with Crippen LogP contribution in [0.5, 0.6) is 0 Å². The van der Waals surface area contributed by atoms with Gasteiger partial charge in [-0.1, -0.05) is 0 Å². The molecule has 0 unspecified atom stereocenters. The Kier molecular flexibility index (Phi) is 3.16. The SMILES string of the molecule is OCCN1CCC(n2c[c]cn2)CC1. The molecular weight excluding hydrogens is 178 g/mol. The van der Waals surface area contributed by atoms with Crippen LogP contribution >= 0.6 is 0 Å². The molecule has 1 radical (unpaired) electrons. The predicted molar refractivity (Wildman–Crippen MR) is 52.9 cm³/mol. The van der Waals surface area contributed by atoms with Crippen LogP contribution in [0.15, 0.2) is 12.4 Å². The fourth-order valence-corrected chi connectivity index (χ4v) is 1.99. The number of hydrogen-bond donors (Lipinski definition) is 1. The van der Waals surface area contributed by atoms with Gasteiger partial charge in [-0.05, 0) is 12.8 Å². The molecule has 0 atom stereocenters. The second kappa shape index (κ2) is 4.57. The van der Waals surface area contributed by atoms with Gasteiger partial charge in [0.05, 0.1) is 18.8 Å². The van der Waals surface area contributed by atoms with Gasteiger partial charge in [0.2, 0.25) is 0 Å². The molecule has 14 heavy (non-hydrogen) atoms. The van der Waals surface area contributed by atoms with Crippen LogP contribution in [0, 0.1) is 6.07 Å². The molecule has 1 saturated heterocycles. The highest BCUT2D eigenvalue weighted by molar-refractivity contribution is 4.82. The monoisotopic (exact) mass is 194 g/mol. The van der Waals surface area contributed by atoms with Crippen molar-refractivity contribution in [3.05, 3.63) is 18.5 Å². The Balaban J connectivity index is 1.84. The molecule has 4 nitrogen and oxygen atoms in total. The first-order valence-electron chi connectivity index (χ1n) is 5.13. The molecule has 0 aliphatic carbocycles. The zero-order chi connectivity index (χ0) is 9.80. The van der Waals surface area contributed by atoms with Crippen molar-refractivity contribution in [2.24, 2.45) is 0 Å². The van der Waals surface area contributed by atoms with E-state index in [0.717, 1.165) is 32.5 Å². The van der Waals surface area contributed by atoms with Crippen molar-refractivity contribution in [2.75, 3.05) is 26.2 Å². The van der Waals surface area contributed by atoms with Crippen LogP contribution in [0.3, 0.4) is 0 Å². The predicted octanol–water partition coefficient (Wildman–Crippen LogP) is 0.312. The maximum absolute atomic E-state index is 8.80. The van der Waals surface area contributed by atoms with Crippen molar-refractivity contribution >= 4 is 0 Å². The van der Waals surface area contributed by atoms with Crippen LogP contribution in [0.2, 0.25) is 0 Å². The topological polar surface area (TPSA) is 41.3 Å². The molecule has 1 aromatic heterocycles. The third-order valence-corrected chi connectivity index (χ3v) is 2.82. The van der Waals surface area contributed by atoms with E-state index in [1.807, 2.05) is 10.9 Å². The number of aliphatic hydroxyl groups is 1. The Morgan fingerprint density at radius 3 is 2.79 bits per heavy atom. The van der Waals surface area contributed by atoms with Crippen molar-refractivity contribution in [1.82, 2.24) is 14.7 Å². The van der Waals surface area contributed by atoms with Crippen LogP contribution < -0.4 is 0 Å². The summed E-state index contributed by atoms with van der Waals surface area (Å²) in [6.45, 7) is 3.19. The van der Waals surface area contributed by atoms with E-state index in [-0.39, 0.29) is 6.61 Å². The van der Waals surface area contributed by atoms with Gasteiger partial charge in [-0.25, -0.2) is 0 Å². The van der Waals surface area contributed by atoms with E-state index in [2.05, 4.69) is 16.1 Å². The summed E-state index contributed by atoms with van der Waals surface area (Å²) in [6.07, 6.45) is 5.86. The van der Waals surface area contributed by atoms with E-state index in [4.69, 9.17) is 5.11 Å².